The van der Waals surface area contributed by atoms with E-state index in [-0.39, 0.29) is 0 Å². The smallest absolute Gasteiger partial charge is 0.0897 e. The molecular formula is C13H21N3S. The number of nitrogens with two attached hydrogens (primary N) is 1. The zero-order valence-electron chi connectivity index (χ0n) is 10.4. The topological polar surface area (TPSA) is 50.9 Å². The average molecular weight is 251 g/mol. The summed E-state index contributed by atoms with van der Waals surface area (Å²) in [6, 6.07) is 0.423. The van der Waals surface area contributed by atoms with Gasteiger partial charge in [0, 0.05) is 17.8 Å². The maximum atomic E-state index is 5.76. The van der Waals surface area contributed by atoms with Crippen molar-refractivity contribution in [1.82, 2.24) is 10.4 Å². The molecule has 4 atom stereocenters. The van der Waals surface area contributed by atoms with Crippen LogP contribution in [-0.4, -0.2) is 11.0 Å². The van der Waals surface area contributed by atoms with Crippen molar-refractivity contribution in [3.63, 3.8) is 0 Å². The van der Waals surface area contributed by atoms with E-state index >= 15 is 0 Å². The summed E-state index contributed by atoms with van der Waals surface area (Å²) in [5, 5.41) is 3.33. The van der Waals surface area contributed by atoms with Crippen molar-refractivity contribution < 1.29 is 0 Å². The zero-order chi connectivity index (χ0) is 11.8. The van der Waals surface area contributed by atoms with Gasteiger partial charge in [0.25, 0.3) is 0 Å². The number of rotatable bonds is 4. The van der Waals surface area contributed by atoms with Gasteiger partial charge in [-0.3, -0.25) is 11.3 Å². The molecule has 1 heterocycles. The van der Waals surface area contributed by atoms with Gasteiger partial charge in [0.05, 0.1) is 10.7 Å². The predicted molar refractivity (Wildman–Crippen MR) is 70.6 cm³/mol. The van der Waals surface area contributed by atoms with Gasteiger partial charge < -0.3 is 0 Å². The van der Waals surface area contributed by atoms with Crippen LogP contribution in [0.15, 0.2) is 5.38 Å². The molecule has 17 heavy (non-hydrogen) atoms. The molecule has 0 aromatic carbocycles. The molecule has 2 aliphatic carbocycles. The van der Waals surface area contributed by atoms with E-state index in [2.05, 4.69) is 22.7 Å². The Labute approximate surface area is 107 Å². The molecule has 0 amide bonds. The number of hydrazine groups is 1. The SMILES string of the molecule is Cc1nc(CC(NN)C2CC3CCC2C3)cs1. The van der Waals surface area contributed by atoms with Crippen molar-refractivity contribution in [2.45, 2.75) is 45.1 Å². The highest BCUT2D eigenvalue weighted by atomic mass is 32.1. The molecule has 3 nitrogen and oxygen atoms in total. The third-order valence-electron chi connectivity index (χ3n) is 4.62. The summed E-state index contributed by atoms with van der Waals surface area (Å²) in [6.07, 6.45) is 6.69. The van der Waals surface area contributed by atoms with Gasteiger partial charge in [-0.25, -0.2) is 4.98 Å². The van der Waals surface area contributed by atoms with E-state index in [1.54, 1.807) is 11.3 Å². The Hall–Kier alpha value is -0.450. The molecule has 2 fully saturated rings. The van der Waals surface area contributed by atoms with Crippen LogP contribution in [0.3, 0.4) is 0 Å². The van der Waals surface area contributed by atoms with Gasteiger partial charge in [0.15, 0.2) is 0 Å². The molecule has 1 aromatic rings. The highest BCUT2D eigenvalue weighted by molar-refractivity contribution is 7.09. The zero-order valence-corrected chi connectivity index (χ0v) is 11.2. The maximum Gasteiger partial charge on any atom is 0.0897 e. The van der Waals surface area contributed by atoms with Gasteiger partial charge >= 0.3 is 0 Å². The van der Waals surface area contributed by atoms with Crippen LogP contribution in [0.4, 0.5) is 0 Å². The molecule has 2 bridgehead atoms. The fourth-order valence-corrected chi connectivity index (χ4v) is 4.47. The quantitative estimate of drug-likeness (QED) is 0.637. The molecule has 94 valence electrons. The lowest BCUT2D eigenvalue weighted by atomic mass is 9.82. The van der Waals surface area contributed by atoms with Gasteiger partial charge in [0.2, 0.25) is 0 Å². The number of aryl methyl sites for hydroxylation is 1. The number of hydrogen-bond acceptors (Lipinski definition) is 4. The lowest BCUT2D eigenvalue weighted by molar-refractivity contribution is 0.247. The first-order valence-corrected chi connectivity index (χ1v) is 7.51. The molecule has 1 aromatic heterocycles. The Morgan fingerprint density at radius 1 is 1.53 bits per heavy atom. The van der Waals surface area contributed by atoms with E-state index in [1.165, 1.54) is 31.4 Å². The molecular weight excluding hydrogens is 230 g/mol. The minimum absolute atomic E-state index is 0.423. The van der Waals surface area contributed by atoms with Crippen LogP contribution in [0, 0.1) is 24.7 Å². The van der Waals surface area contributed by atoms with Gasteiger partial charge in [-0.05, 0) is 43.9 Å². The second kappa shape index (κ2) is 4.67. The van der Waals surface area contributed by atoms with Gasteiger partial charge in [-0.15, -0.1) is 11.3 Å². The molecule has 0 radical (unpaired) electrons. The second-order valence-electron chi connectivity index (χ2n) is 5.67. The fraction of sp³-hybridized carbons (Fsp3) is 0.769. The first kappa shape index (κ1) is 11.6. The van der Waals surface area contributed by atoms with E-state index in [4.69, 9.17) is 5.84 Å². The molecule has 2 saturated carbocycles. The molecule has 2 aliphatic rings. The number of aromatic nitrogens is 1. The molecule has 0 spiro atoms. The van der Waals surface area contributed by atoms with Crippen LogP contribution in [0.1, 0.15) is 36.4 Å². The Kier molecular flexibility index (Phi) is 3.19. The van der Waals surface area contributed by atoms with Crippen LogP contribution in [0.2, 0.25) is 0 Å². The largest absolute Gasteiger partial charge is 0.271 e. The van der Waals surface area contributed by atoms with Gasteiger partial charge in [-0.2, -0.15) is 0 Å². The molecule has 3 N–H and O–H groups in total. The Balaban J connectivity index is 1.67. The van der Waals surface area contributed by atoms with Crippen molar-refractivity contribution in [3.8, 4) is 0 Å². The minimum Gasteiger partial charge on any atom is -0.271 e. The summed E-state index contributed by atoms with van der Waals surface area (Å²) >= 11 is 1.74. The molecule has 0 aliphatic heterocycles. The number of thiazole rings is 1. The summed E-state index contributed by atoms with van der Waals surface area (Å²) in [6.45, 7) is 2.07. The first-order chi connectivity index (χ1) is 8.26. The second-order valence-corrected chi connectivity index (χ2v) is 6.74. The van der Waals surface area contributed by atoms with E-state index in [9.17, 15) is 0 Å². The maximum absolute atomic E-state index is 5.76. The van der Waals surface area contributed by atoms with Crippen molar-refractivity contribution in [2.24, 2.45) is 23.6 Å². The Morgan fingerprint density at radius 2 is 2.41 bits per heavy atom. The third kappa shape index (κ3) is 2.26. The Bertz CT molecular complexity index is 390. The van der Waals surface area contributed by atoms with Crippen molar-refractivity contribution in [3.05, 3.63) is 16.1 Å². The number of fused-ring (bicyclic) bond motifs is 2. The number of hydrogen-bond donors (Lipinski definition) is 2. The predicted octanol–water partition coefficient (Wildman–Crippen LogP) is 2.26. The minimum atomic E-state index is 0.423. The third-order valence-corrected chi connectivity index (χ3v) is 5.44. The first-order valence-electron chi connectivity index (χ1n) is 6.63. The van der Waals surface area contributed by atoms with Gasteiger partial charge in [-0.1, -0.05) is 6.42 Å². The Morgan fingerprint density at radius 3 is 2.94 bits per heavy atom. The molecule has 0 saturated heterocycles. The summed E-state index contributed by atoms with van der Waals surface area (Å²) in [4.78, 5) is 4.55. The van der Waals surface area contributed by atoms with Crippen LogP contribution >= 0.6 is 11.3 Å². The van der Waals surface area contributed by atoms with Crippen LogP contribution in [0.5, 0.6) is 0 Å². The van der Waals surface area contributed by atoms with E-state index in [0.29, 0.717) is 6.04 Å². The van der Waals surface area contributed by atoms with Crippen LogP contribution in [0.25, 0.3) is 0 Å². The standard InChI is InChI=1S/C13H21N3S/c1-8-15-11(7-17-8)6-13(16-14)12-5-9-2-3-10(12)4-9/h7,9-10,12-13,16H,2-6,14H2,1H3. The monoisotopic (exact) mass is 251 g/mol. The summed E-state index contributed by atoms with van der Waals surface area (Å²) in [7, 11) is 0. The average Bonchev–Trinajstić information content (AvgIpc) is 3.01. The van der Waals surface area contributed by atoms with Gasteiger partial charge in [0.1, 0.15) is 0 Å². The molecule has 4 heteroatoms. The highest BCUT2D eigenvalue weighted by Crippen LogP contribution is 2.49. The molecule has 3 rings (SSSR count). The lowest BCUT2D eigenvalue weighted by Crippen LogP contribution is -2.44. The summed E-state index contributed by atoms with van der Waals surface area (Å²) in [5.74, 6) is 8.44. The van der Waals surface area contributed by atoms with E-state index < -0.39 is 0 Å². The summed E-state index contributed by atoms with van der Waals surface area (Å²) in [5.41, 5.74) is 4.26. The highest BCUT2D eigenvalue weighted by Gasteiger charge is 2.42. The van der Waals surface area contributed by atoms with Crippen molar-refractivity contribution in [1.29, 1.82) is 0 Å². The van der Waals surface area contributed by atoms with Crippen LogP contribution < -0.4 is 11.3 Å². The van der Waals surface area contributed by atoms with Crippen molar-refractivity contribution in [2.75, 3.05) is 0 Å². The number of nitrogens with one attached hydrogen (secondary N) is 1. The lowest BCUT2D eigenvalue weighted by Gasteiger charge is -2.29. The molecule has 4 unspecified atom stereocenters. The van der Waals surface area contributed by atoms with E-state index in [1.807, 2.05) is 0 Å². The number of nitrogens with zero attached hydrogens (tertiary/aromatic N) is 1. The van der Waals surface area contributed by atoms with E-state index in [0.717, 1.165) is 29.2 Å². The summed E-state index contributed by atoms with van der Waals surface area (Å²) < 4.78 is 0. The fourth-order valence-electron chi connectivity index (χ4n) is 3.85. The normalized spacial score (nSPS) is 33.2. The van der Waals surface area contributed by atoms with Crippen molar-refractivity contribution >= 4 is 11.3 Å². The van der Waals surface area contributed by atoms with Crippen LogP contribution in [-0.2, 0) is 6.42 Å².